The molecule has 0 aliphatic rings. The van der Waals surface area contributed by atoms with Gasteiger partial charge in [0.25, 0.3) is 0 Å². The molecule has 0 saturated carbocycles. The minimum absolute atomic E-state index is 0.281. The molecule has 1 nitrogen and oxygen atoms in total. The van der Waals surface area contributed by atoms with Crippen molar-refractivity contribution < 1.29 is 4.79 Å². The quantitative estimate of drug-likeness (QED) is 0.808. The minimum atomic E-state index is 0.281. The molecule has 0 aliphatic carbocycles. The summed E-state index contributed by atoms with van der Waals surface area (Å²) in [5, 5.41) is 0. The van der Waals surface area contributed by atoms with Gasteiger partial charge < -0.3 is 4.79 Å². The van der Waals surface area contributed by atoms with Crippen LogP contribution in [0.3, 0.4) is 0 Å². The van der Waals surface area contributed by atoms with Crippen molar-refractivity contribution in [2.45, 2.75) is 26.7 Å². The standard InChI is InChI=1S/C10H13BrOS/c1-7(5-8(2)12)6-9-3-4-10(11)13-9/h3-4,7H,5-6H2,1-2H3. The second kappa shape index (κ2) is 4.91. The van der Waals surface area contributed by atoms with Gasteiger partial charge in [-0.15, -0.1) is 11.3 Å². The normalized spacial score (nSPS) is 12.8. The van der Waals surface area contributed by atoms with E-state index < -0.39 is 0 Å². The molecule has 0 aliphatic heterocycles. The monoisotopic (exact) mass is 260 g/mol. The second-order valence-electron chi connectivity index (χ2n) is 3.42. The van der Waals surface area contributed by atoms with Crippen LogP contribution in [-0.4, -0.2) is 5.78 Å². The Morgan fingerprint density at radius 1 is 1.62 bits per heavy atom. The van der Waals surface area contributed by atoms with Gasteiger partial charge >= 0.3 is 0 Å². The molecule has 0 fully saturated rings. The molecule has 1 unspecified atom stereocenters. The average molecular weight is 261 g/mol. The van der Waals surface area contributed by atoms with Crippen LogP contribution < -0.4 is 0 Å². The molecule has 0 bridgehead atoms. The Kier molecular flexibility index (Phi) is 4.13. The molecular formula is C10H13BrOS. The van der Waals surface area contributed by atoms with Crippen LogP contribution in [0.15, 0.2) is 15.9 Å². The van der Waals surface area contributed by atoms with Gasteiger partial charge in [-0.05, 0) is 47.3 Å². The largest absolute Gasteiger partial charge is 0.300 e. The van der Waals surface area contributed by atoms with Gasteiger partial charge in [0.05, 0.1) is 3.79 Å². The van der Waals surface area contributed by atoms with Gasteiger partial charge in [-0.25, -0.2) is 0 Å². The van der Waals surface area contributed by atoms with Crippen molar-refractivity contribution in [3.05, 3.63) is 20.8 Å². The summed E-state index contributed by atoms with van der Waals surface area (Å²) in [6.07, 6.45) is 1.70. The predicted molar refractivity (Wildman–Crippen MR) is 60.2 cm³/mol. The van der Waals surface area contributed by atoms with Gasteiger partial charge in [0.15, 0.2) is 0 Å². The van der Waals surface area contributed by atoms with Crippen molar-refractivity contribution in [3.8, 4) is 0 Å². The smallest absolute Gasteiger partial charge is 0.130 e. The Hall–Kier alpha value is -0.150. The number of hydrogen-bond acceptors (Lipinski definition) is 2. The summed E-state index contributed by atoms with van der Waals surface area (Å²) in [5.74, 6) is 0.742. The summed E-state index contributed by atoms with van der Waals surface area (Å²) >= 11 is 5.17. The number of hydrogen-bond donors (Lipinski definition) is 0. The molecule has 1 aromatic heterocycles. The van der Waals surface area contributed by atoms with E-state index in [0.717, 1.165) is 10.2 Å². The molecule has 0 N–H and O–H groups in total. The van der Waals surface area contributed by atoms with Crippen molar-refractivity contribution in [3.63, 3.8) is 0 Å². The maximum absolute atomic E-state index is 10.8. The van der Waals surface area contributed by atoms with Gasteiger partial charge in [-0.3, -0.25) is 0 Å². The van der Waals surface area contributed by atoms with Gasteiger partial charge in [0.1, 0.15) is 5.78 Å². The average Bonchev–Trinajstić information content (AvgIpc) is 2.33. The lowest BCUT2D eigenvalue weighted by Crippen LogP contribution is -2.03. The lowest BCUT2D eigenvalue weighted by atomic mass is 10.0. The molecule has 0 saturated heterocycles. The van der Waals surface area contributed by atoms with E-state index in [0.29, 0.717) is 12.3 Å². The van der Waals surface area contributed by atoms with E-state index in [1.807, 2.05) is 0 Å². The molecule has 72 valence electrons. The highest BCUT2D eigenvalue weighted by Crippen LogP contribution is 2.25. The van der Waals surface area contributed by atoms with Crippen molar-refractivity contribution in [1.29, 1.82) is 0 Å². The molecule has 1 rings (SSSR count). The zero-order valence-corrected chi connectivity index (χ0v) is 10.2. The zero-order chi connectivity index (χ0) is 9.84. The number of carbonyl (C=O) groups excluding carboxylic acids is 1. The molecule has 1 atom stereocenters. The summed E-state index contributed by atoms with van der Waals surface area (Å²) in [5.41, 5.74) is 0. The van der Waals surface area contributed by atoms with Gasteiger partial charge in [0.2, 0.25) is 0 Å². The highest BCUT2D eigenvalue weighted by molar-refractivity contribution is 9.11. The highest BCUT2D eigenvalue weighted by atomic mass is 79.9. The third-order valence-electron chi connectivity index (χ3n) is 1.81. The van der Waals surface area contributed by atoms with Crippen molar-refractivity contribution in [2.24, 2.45) is 5.92 Å². The van der Waals surface area contributed by atoms with Crippen LogP contribution in [0.1, 0.15) is 25.1 Å². The third kappa shape index (κ3) is 4.05. The number of halogens is 1. The first-order valence-corrected chi connectivity index (χ1v) is 5.92. The molecule has 13 heavy (non-hydrogen) atoms. The fourth-order valence-electron chi connectivity index (χ4n) is 1.37. The molecule has 3 heteroatoms. The Balaban J connectivity index is 2.44. The molecule has 0 amide bonds. The molecule has 0 aromatic carbocycles. The molecule has 0 radical (unpaired) electrons. The summed E-state index contributed by atoms with van der Waals surface area (Å²) in [4.78, 5) is 12.2. The Bertz CT molecular complexity index is 293. The molecular weight excluding hydrogens is 248 g/mol. The first kappa shape index (κ1) is 10.9. The minimum Gasteiger partial charge on any atom is -0.300 e. The number of carbonyl (C=O) groups is 1. The first-order valence-electron chi connectivity index (χ1n) is 4.31. The maximum Gasteiger partial charge on any atom is 0.130 e. The van der Waals surface area contributed by atoms with E-state index >= 15 is 0 Å². The zero-order valence-electron chi connectivity index (χ0n) is 7.84. The predicted octanol–water partition coefficient (Wildman–Crippen LogP) is 3.67. The van der Waals surface area contributed by atoms with Crippen molar-refractivity contribution in [1.82, 2.24) is 0 Å². The SMILES string of the molecule is CC(=O)CC(C)Cc1ccc(Br)s1. The lowest BCUT2D eigenvalue weighted by Gasteiger charge is -2.06. The molecule has 1 heterocycles. The summed E-state index contributed by atoms with van der Waals surface area (Å²) in [6.45, 7) is 3.77. The van der Waals surface area contributed by atoms with Crippen LogP contribution in [0.2, 0.25) is 0 Å². The van der Waals surface area contributed by atoms with E-state index in [4.69, 9.17) is 0 Å². The van der Waals surface area contributed by atoms with Crippen LogP contribution in [0, 0.1) is 5.92 Å². The van der Waals surface area contributed by atoms with Crippen LogP contribution in [-0.2, 0) is 11.2 Å². The Labute approximate surface area is 91.3 Å². The van der Waals surface area contributed by atoms with Gasteiger partial charge in [-0.1, -0.05) is 6.92 Å². The van der Waals surface area contributed by atoms with E-state index in [1.165, 1.54) is 4.88 Å². The van der Waals surface area contributed by atoms with Gasteiger partial charge in [-0.2, -0.15) is 0 Å². The van der Waals surface area contributed by atoms with Crippen LogP contribution in [0.25, 0.3) is 0 Å². The molecule has 0 spiro atoms. The van der Waals surface area contributed by atoms with E-state index in [-0.39, 0.29) is 5.78 Å². The fraction of sp³-hybridized carbons (Fsp3) is 0.500. The third-order valence-corrected chi connectivity index (χ3v) is 3.46. The van der Waals surface area contributed by atoms with Crippen LogP contribution >= 0.6 is 27.3 Å². The van der Waals surface area contributed by atoms with E-state index in [9.17, 15) is 4.79 Å². The number of ketones is 1. The molecule has 1 aromatic rings. The highest BCUT2D eigenvalue weighted by Gasteiger charge is 2.07. The fourth-order valence-corrected chi connectivity index (χ4v) is 3.01. The number of Topliss-reactive ketones (excluding diaryl/α,β-unsaturated/α-hetero) is 1. The van der Waals surface area contributed by atoms with Crippen LogP contribution in [0.5, 0.6) is 0 Å². The summed E-state index contributed by atoms with van der Waals surface area (Å²) < 4.78 is 1.16. The summed E-state index contributed by atoms with van der Waals surface area (Å²) in [6, 6.07) is 4.17. The van der Waals surface area contributed by atoms with Crippen molar-refractivity contribution in [2.75, 3.05) is 0 Å². The van der Waals surface area contributed by atoms with E-state index in [1.54, 1.807) is 18.3 Å². The Morgan fingerprint density at radius 2 is 2.31 bits per heavy atom. The van der Waals surface area contributed by atoms with Gasteiger partial charge in [0, 0.05) is 11.3 Å². The second-order valence-corrected chi connectivity index (χ2v) is 5.97. The maximum atomic E-state index is 10.8. The van der Waals surface area contributed by atoms with Crippen molar-refractivity contribution >= 4 is 33.0 Å². The van der Waals surface area contributed by atoms with E-state index in [2.05, 4.69) is 35.0 Å². The lowest BCUT2D eigenvalue weighted by molar-refractivity contribution is -0.117. The summed E-state index contributed by atoms with van der Waals surface area (Å²) in [7, 11) is 0. The number of thiophene rings is 1. The topological polar surface area (TPSA) is 17.1 Å². The van der Waals surface area contributed by atoms with Crippen LogP contribution in [0.4, 0.5) is 0 Å². The number of rotatable bonds is 4. The first-order chi connectivity index (χ1) is 6.08. The Morgan fingerprint density at radius 3 is 2.77 bits per heavy atom.